The number of nitrogens with zero attached hydrogens (tertiary/aromatic N) is 7. The highest BCUT2D eigenvalue weighted by Crippen LogP contribution is 2.23. The van der Waals surface area contributed by atoms with E-state index in [1.807, 2.05) is 17.9 Å². The minimum atomic E-state index is -0.434. The van der Waals surface area contributed by atoms with Crippen LogP contribution in [-0.4, -0.2) is 67.2 Å². The number of carbonyl (C=O) groups excluding carboxylic acids is 1. The lowest BCUT2D eigenvalue weighted by molar-refractivity contribution is -0.384. The lowest BCUT2D eigenvalue weighted by Gasteiger charge is -2.36. The molecule has 1 fully saturated rings. The molecule has 0 radical (unpaired) electrons. The molecule has 0 N–H and O–H groups in total. The van der Waals surface area contributed by atoms with Gasteiger partial charge in [-0.1, -0.05) is 0 Å². The van der Waals surface area contributed by atoms with Crippen LogP contribution >= 0.6 is 11.8 Å². The fourth-order valence-electron chi connectivity index (χ4n) is 3.22. The lowest BCUT2D eigenvalue weighted by atomic mass is 10.3. The van der Waals surface area contributed by atoms with Gasteiger partial charge in [0.2, 0.25) is 5.91 Å². The molecule has 0 spiro atoms. The molecular weight excluding hydrogens is 394 g/mol. The number of aromatic nitrogens is 4. The minimum Gasteiger partial charge on any atom is -0.353 e. The van der Waals surface area contributed by atoms with Crippen LogP contribution < -0.4 is 4.90 Å². The second-order valence-corrected chi connectivity index (χ2v) is 7.68. The quantitative estimate of drug-likeness (QED) is 0.354. The van der Waals surface area contributed by atoms with E-state index in [-0.39, 0.29) is 11.6 Å². The molecule has 29 heavy (non-hydrogen) atoms. The summed E-state index contributed by atoms with van der Waals surface area (Å²) in [6.07, 6.45) is 1.49. The second kappa shape index (κ2) is 8.03. The first-order valence-corrected chi connectivity index (χ1v) is 10.1. The molecule has 0 saturated carbocycles. The van der Waals surface area contributed by atoms with Gasteiger partial charge in [0.1, 0.15) is 12.1 Å². The van der Waals surface area contributed by atoms with Crippen molar-refractivity contribution in [1.29, 1.82) is 0 Å². The van der Waals surface area contributed by atoms with Gasteiger partial charge in [0.15, 0.2) is 0 Å². The zero-order valence-electron chi connectivity index (χ0n) is 15.8. The highest BCUT2D eigenvalue weighted by Gasteiger charge is 2.23. The van der Waals surface area contributed by atoms with Crippen LogP contribution in [0.2, 0.25) is 0 Å². The molecule has 1 amide bonds. The SMILES string of the molecule is Cc1cc(N2CCN(C(=O)CSc3ccc([N+](=O)[O-])cc3)CC2)n2ncnc2n1. The number of anilines is 1. The molecule has 1 saturated heterocycles. The van der Waals surface area contributed by atoms with Crippen LogP contribution in [0.1, 0.15) is 5.69 Å². The number of fused-ring (bicyclic) bond motifs is 1. The average Bonchev–Trinajstić information content (AvgIpc) is 3.20. The summed E-state index contributed by atoms with van der Waals surface area (Å²) in [5, 5.41) is 15.0. The third kappa shape index (κ3) is 4.14. The molecule has 1 aliphatic rings. The Balaban J connectivity index is 1.33. The van der Waals surface area contributed by atoms with E-state index in [1.54, 1.807) is 16.6 Å². The van der Waals surface area contributed by atoms with Crippen molar-refractivity contribution in [2.24, 2.45) is 0 Å². The zero-order valence-corrected chi connectivity index (χ0v) is 16.6. The van der Waals surface area contributed by atoms with Gasteiger partial charge in [-0.2, -0.15) is 14.6 Å². The second-order valence-electron chi connectivity index (χ2n) is 6.64. The van der Waals surface area contributed by atoms with Crippen LogP contribution in [0.15, 0.2) is 41.6 Å². The van der Waals surface area contributed by atoms with E-state index in [0.29, 0.717) is 37.7 Å². The number of benzene rings is 1. The highest BCUT2D eigenvalue weighted by atomic mass is 32.2. The van der Waals surface area contributed by atoms with Gasteiger partial charge in [0.25, 0.3) is 11.5 Å². The van der Waals surface area contributed by atoms with Gasteiger partial charge in [0, 0.05) is 55.0 Å². The molecule has 11 heteroatoms. The number of piperazine rings is 1. The normalized spacial score (nSPS) is 14.4. The molecule has 1 aliphatic heterocycles. The smallest absolute Gasteiger partial charge is 0.269 e. The minimum absolute atomic E-state index is 0.0460. The third-order valence-corrected chi connectivity index (χ3v) is 5.72. The first kappa shape index (κ1) is 19.1. The van der Waals surface area contributed by atoms with Crippen molar-refractivity contribution in [3.63, 3.8) is 0 Å². The van der Waals surface area contributed by atoms with Crippen molar-refractivity contribution in [3.05, 3.63) is 52.5 Å². The molecule has 0 aliphatic carbocycles. The van der Waals surface area contributed by atoms with Crippen molar-refractivity contribution in [3.8, 4) is 0 Å². The van der Waals surface area contributed by atoms with Crippen LogP contribution in [0, 0.1) is 17.0 Å². The maximum absolute atomic E-state index is 12.6. The van der Waals surface area contributed by atoms with Gasteiger partial charge in [-0.3, -0.25) is 14.9 Å². The Morgan fingerprint density at radius 3 is 2.62 bits per heavy atom. The van der Waals surface area contributed by atoms with E-state index < -0.39 is 4.92 Å². The van der Waals surface area contributed by atoms with E-state index in [1.165, 1.54) is 30.2 Å². The first-order valence-electron chi connectivity index (χ1n) is 9.08. The van der Waals surface area contributed by atoms with E-state index in [0.717, 1.165) is 16.4 Å². The zero-order chi connectivity index (χ0) is 20.4. The number of hydrogen-bond acceptors (Lipinski definition) is 8. The summed E-state index contributed by atoms with van der Waals surface area (Å²) in [6, 6.07) is 8.22. The monoisotopic (exact) mass is 413 g/mol. The molecule has 0 bridgehead atoms. The van der Waals surface area contributed by atoms with E-state index >= 15 is 0 Å². The Morgan fingerprint density at radius 1 is 1.21 bits per heavy atom. The average molecular weight is 413 g/mol. The number of non-ortho nitro benzene ring substituents is 1. The summed E-state index contributed by atoms with van der Waals surface area (Å²) < 4.78 is 1.72. The predicted molar refractivity (Wildman–Crippen MR) is 108 cm³/mol. The molecule has 2 aromatic heterocycles. The molecule has 3 heterocycles. The van der Waals surface area contributed by atoms with Crippen LogP contribution in [-0.2, 0) is 4.79 Å². The largest absolute Gasteiger partial charge is 0.353 e. The summed E-state index contributed by atoms with van der Waals surface area (Å²) in [5.41, 5.74) is 0.920. The van der Waals surface area contributed by atoms with Gasteiger partial charge in [-0.05, 0) is 19.1 Å². The van der Waals surface area contributed by atoms with Gasteiger partial charge >= 0.3 is 0 Å². The van der Waals surface area contributed by atoms with Crippen molar-refractivity contribution >= 4 is 35.0 Å². The summed E-state index contributed by atoms with van der Waals surface area (Å²) >= 11 is 1.39. The fraction of sp³-hybridized carbons (Fsp3) is 0.333. The lowest BCUT2D eigenvalue weighted by Crippen LogP contribution is -2.49. The van der Waals surface area contributed by atoms with Gasteiger partial charge in [0.05, 0.1) is 10.7 Å². The molecular formula is C18H19N7O3S. The number of nitro groups is 1. The Labute approximate surface area is 170 Å². The Kier molecular flexibility index (Phi) is 5.30. The Bertz CT molecular complexity index is 1050. The van der Waals surface area contributed by atoms with Gasteiger partial charge in [-0.25, -0.2) is 4.98 Å². The van der Waals surface area contributed by atoms with Crippen LogP contribution in [0.5, 0.6) is 0 Å². The van der Waals surface area contributed by atoms with Crippen LogP contribution in [0.3, 0.4) is 0 Å². The molecule has 4 rings (SSSR count). The Morgan fingerprint density at radius 2 is 1.93 bits per heavy atom. The number of nitro benzene ring substituents is 1. The topological polar surface area (TPSA) is 110 Å². The van der Waals surface area contributed by atoms with Crippen molar-refractivity contribution < 1.29 is 9.72 Å². The van der Waals surface area contributed by atoms with Crippen LogP contribution in [0.25, 0.3) is 5.78 Å². The van der Waals surface area contributed by atoms with E-state index in [4.69, 9.17) is 0 Å². The highest BCUT2D eigenvalue weighted by molar-refractivity contribution is 8.00. The number of carbonyl (C=O) groups is 1. The predicted octanol–water partition coefficient (Wildman–Crippen LogP) is 1.78. The number of aryl methyl sites for hydroxylation is 1. The van der Waals surface area contributed by atoms with Gasteiger partial charge < -0.3 is 9.80 Å². The summed E-state index contributed by atoms with van der Waals surface area (Å²) in [5.74, 6) is 1.86. The number of hydrogen-bond donors (Lipinski definition) is 0. The fourth-order valence-corrected chi connectivity index (χ4v) is 4.02. The summed E-state index contributed by atoms with van der Waals surface area (Å²) in [4.78, 5) is 36.2. The molecule has 0 unspecified atom stereocenters. The van der Waals surface area contributed by atoms with Crippen molar-refractivity contribution in [2.45, 2.75) is 11.8 Å². The number of rotatable bonds is 5. The van der Waals surface area contributed by atoms with E-state index in [9.17, 15) is 14.9 Å². The van der Waals surface area contributed by atoms with E-state index in [2.05, 4.69) is 20.0 Å². The van der Waals surface area contributed by atoms with Crippen LogP contribution in [0.4, 0.5) is 11.5 Å². The summed E-state index contributed by atoms with van der Waals surface area (Å²) in [6.45, 7) is 4.57. The number of thioether (sulfide) groups is 1. The number of amides is 1. The molecule has 10 nitrogen and oxygen atoms in total. The van der Waals surface area contributed by atoms with Gasteiger partial charge in [-0.15, -0.1) is 11.8 Å². The summed E-state index contributed by atoms with van der Waals surface area (Å²) in [7, 11) is 0. The molecule has 150 valence electrons. The molecule has 3 aromatic rings. The molecule has 1 aromatic carbocycles. The maximum Gasteiger partial charge on any atom is 0.269 e. The Hall–Kier alpha value is -3.21. The standard InChI is InChI=1S/C18H19N7O3S/c1-13-10-16(24-18(21-13)19-12-20-24)22-6-8-23(9-7-22)17(26)11-29-15-4-2-14(3-5-15)25(27)28/h2-5,10,12H,6-9,11H2,1H3. The first-order chi connectivity index (χ1) is 14.0. The van der Waals surface area contributed by atoms with Crippen molar-refractivity contribution in [1.82, 2.24) is 24.5 Å². The third-order valence-electron chi connectivity index (χ3n) is 4.73. The maximum atomic E-state index is 12.6. The molecule has 0 atom stereocenters. The van der Waals surface area contributed by atoms with Crippen molar-refractivity contribution in [2.75, 3.05) is 36.8 Å².